The Balaban J connectivity index is 1.26. The SMILES string of the molecule is Nc1ccc(/C=C/C(=O)CCc2cc3cc(-c4ncc(C(=O)N5CCOCC5)cn4)cc(Cl)c3o2)cn1. The van der Waals surface area contributed by atoms with Crippen LogP contribution in [0.25, 0.3) is 28.4 Å². The average molecular weight is 518 g/mol. The molecule has 1 aliphatic heterocycles. The van der Waals surface area contributed by atoms with Crippen molar-refractivity contribution in [3.63, 3.8) is 0 Å². The van der Waals surface area contributed by atoms with Crippen molar-refractivity contribution in [1.82, 2.24) is 19.9 Å². The van der Waals surface area contributed by atoms with Crippen molar-refractivity contribution in [2.75, 3.05) is 32.0 Å². The van der Waals surface area contributed by atoms with Gasteiger partial charge in [-0.1, -0.05) is 11.6 Å². The van der Waals surface area contributed by atoms with E-state index in [-0.39, 0.29) is 18.1 Å². The second-order valence-corrected chi connectivity index (χ2v) is 9.01. The number of hydrogen-bond acceptors (Lipinski definition) is 8. The van der Waals surface area contributed by atoms with Crippen LogP contribution < -0.4 is 5.73 Å². The Kier molecular flexibility index (Phi) is 7.25. The number of morpholine rings is 1. The third-order valence-electron chi connectivity index (χ3n) is 5.97. The summed E-state index contributed by atoms with van der Waals surface area (Å²) >= 11 is 6.49. The van der Waals surface area contributed by atoms with Gasteiger partial charge < -0.3 is 19.8 Å². The molecule has 0 atom stereocenters. The number of allylic oxidation sites excluding steroid dienone is 1. The number of anilines is 1. The standard InChI is InChI=1S/C27H24ClN5O4/c28-23-13-19(26-31-15-20(16-32-26)27(35)33-7-9-36-10-8-33)11-18-12-22(37-25(18)23)5-4-21(34)3-1-17-2-6-24(29)30-14-17/h1-3,6,11-16H,4-5,7-10H2,(H2,29,30)/b3-1+. The first-order valence-electron chi connectivity index (χ1n) is 11.8. The second kappa shape index (κ2) is 10.9. The quantitative estimate of drug-likeness (QED) is 0.361. The lowest BCUT2D eigenvalue weighted by atomic mass is 10.1. The molecule has 2 N–H and O–H groups in total. The zero-order valence-electron chi connectivity index (χ0n) is 19.9. The number of carbonyl (C=O) groups is 2. The van der Waals surface area contributed by atoms with Crippen LogP contribution in [-0.2, 0) is 16.0 Å². The fraction of sp³-hybridized carbons (Fsp3) is 0.222. The molecule has 0 radical (unpaired) electrons. The number of nitrogens with zero attached hydrogens (tertiary/aromatic N) is 4. The highest BCUT2D eigenvalue weighted by atomic mass is 35.5. The molecule has 1 saturated heterocycles. The average Bonchev–Trinajstić information content (AvgIpc) is 3.35. The lowest BCUT2D eigenvalue weighted by Gasteiger charge is -2.26. The van der Waals surface area contributed by atoms with Gasteiger partial charge in [-0.2, -0.15) is 0 Å². The molecule has 0 saturated carbocycles. The summed E-state index contributed by atoms with van der Waals surface area (Å²) in [4.78, 5) is 39.4. The van der Waals surface area contributed by atoms with Crippen LogP contribution in [0.3, 0.4) is 0 Å². The van der Waals surface area contributed by atoms with Crippen LogP contribution >= 0.6 is 11.6 Å². The fourth-order valence-corrected chi connectivity index (χ4v) is 4.25. The maximum absolute atomic E-state index is 12.6. The van der Waals surface area contributed by atoms with E-state index in [1.807, 2.05) is 12.1 Å². The zero-order chi connectivity index (χ0) is 25.8. The Labute approximate surface area is 217 Å². The Morgan fingerprint density at radius 2 is 1.84 bits per heavy atom. The first kappa shape index (κ1) is 24.6. The molecule has 0 bridgehead atoms. The van der Waals surface area contributed by atoms with Gasteiger partial charge in [0.25, 0.3) is 5.91 Å². The summed E-state index contributed by atoms with van der Waals surface area (Å²) in [6, 6.07) is 8.94. The van der Waals surface area contributed by atoms with Gasteiger partial charge in [0.15, 0.2) is 17.2 Å². The Morgan fingerprint density at radius 1 is 1.05 bits per heavy atom. The molecule has 9 nitrogen and oxygen atoms in total. The van der Waals surface area contributed by atoms with Crippen molar-refractivity contribution in [2.24, 2.45) is 0 Å². The lowest BCUT2D eigenvalue weighted by Crippen LogP contribution is -2.40. The number of nitrogen functional groups attached to an aromatic ring is 1. The number of aryl methyl sites for hydroxylation is 1. The molecule has 37 heavy (non-hydrogen) atoms. The first-order valence-corrected chi connectivity index (χ1v) is 12.2. The minimum atomic E-state index is -0.114. The van der Waals surface area contributed by atoms with Gasteiger partial charge in [0.1, 0.15) is 11.6 Å². The highest BCUT2D eigenvalue weighted by Crippen LogP contribution is 2.32. The first-order chi connectivity index (χ1) is 18.0. The van der Waals surface area contributed by atoms with Gasteiger partial charge in [-0.15, -0.1) is 0 Å². The molecule has 1 fully saturated rings. The van der Waals surface area contributed by atoms with Gasteiger partial charge in [-0.25, -0.2) is 15.0 Å². The number of pyridine rings is 1. The molecule has 3 aromatic heterocycles. The summed E-state index contributed by atoms with van der Waals surface area (Å²) in [5.41, 5.74) is 8.04. The van der Waals surface area contributed by atoms with Gasteiger partial charge >= 0.3 is 0 Å². The largest absolute Gasteiger partial charge is 0.459 e. The normalized spacial score (nSPS) is 13.9. The Morgan fingerprint density at radius 3 is 2.57 bits per heavy atom. The minimum Gasteiger partial charge on any atom is -0.459 e. The summed E-state index contributed by atoms with van der Waals surface area (Å²) in [5.74, 6) is 1.37. The number of carbonyl (C=O) groups excluding carboxylic acids is 2. The number of amides is 1. The summed E-state index contributed by atoms with van der Waals surface area (Å²) in [6.45, 7) is 2.17. The number of nitrogens with two attached hydrogens (primary N) is 1. The van der Waals surface area contributed by atoms with E-state index in [9.17, 15) is 9.59 Å². The van der Waals surface area contributed by atoms with Gasteiger partial charge in [-0.3, -0.25) is 9.59 Å². The van der Waals surface area contributed by atoms with Crippen LogP contribution in [-0.4, -0.2) is 57.8 Å². The lowest BCUT2D eigenvalue weighted by molar-refractivity contribution is -0.114. The molecule has 4 heterocycles. The predicted octanol–water partition coefficient (Wildman–Crippen LogP) is 4.21. The Bertz CT molecular complexity index is 1460. The predicted molar refractivity (Wildman–Crippen MR) is 140 cm³/mol. The van der Waals surface area contributed by atoms with Crippen molar-refractivity contribution in [1.29, 1.82) is 0 Å². The molecule has 5 rings (SSSR count). The minimum absolute atomic E-state index is 0.0378. The molecule has 0 unspecified atom stereocenters. The molecular formula is C27H24ClN5O4. The van der Waals surface area contributed by atoms with Crippen LogP contribution in [0.4, 0.5) is 5.82 Å². The van der Waals surface area contributed by atoms with E-state index in [0.29, 0.717) is 71.9 Å². The van der Waals surface area contributed by atoms with Crippen LogP contribution in [0.15, 0.2) is 59.4 Å². The van der Waals surface area contributed by atoms with Crippen molar-refractivity contribution < 1.29 is 18.7 Å². The van der Waals surface area contributed by atoms with E-state index in [4.69, 9.17) is 26.5 Å². The number of ketones is 1. The second-order valence-electron chi connectivity index (χ2n) is 8.61. The Hall–Kier alpha value is -4.08. The van der Waals surface area contributed by atoms with Gasteiger partial charge in [0, 0.05) is 55.5 Å². The number of halogens is 1. The van der Waals surface area contributed by atoms with Crippen molar-refractivity contribution in [2.45, 2.75) is 12.8 Å². The monoisotopic (exact) mass is 517 g/mol. The molecule has 1 amide bonds. The molecular weight excluding hydrogens is 494 g/mol. The number of rotatable bonds is 7. The summed E-state index contributed by atoms with van der Waals surface area (Å²) in [6.07, 6.45) is 8.60. The molecule has 4 aromatic rings. The molecule has 0 aliphatic carbocycles. The summed E-state index contributed by atoms with van der Waals surface area (Å²) in [5, 5.41) is 1.20. The van der Waals surface area contributed by atoms with E-state index in [1.54, 1.807) is 35.4 Å². The van der Waals surface area contributed by atoms with Gasteiger partial charge in [-0.05, 0) is 48.0 Å². The molecule has 188 valence electrons. The topological polar surface area (TPSA) is 124 Å². The molecule has 0 spiro atoms. The van der Waals surface area contributed by atoms with Crippen LogP contribution in [0, 0.1) is 0 Å². The van der Waals surface area contributed by atoms with E-state index in [0.717, 1.165) is 10.9 Å². The van der Waals surface area contributed by atoms with Gasteiger partial charge in [0.2, 0.25) is 0 Å². The maximum Gasteiger partial charge on any atom is 0.257 e. The van der Waals surface area contributed by atoms with E-state index < -0.39 is 0 Å². The van der Waals surface area contributed by atoms with E-state index >= 15 is 0 Å². The third-order valence-corrected chi connectivity index (χ3v) is 6.25. The maximum atomic E-state index is 12.6. The van der Waals surface area contributed by atoms with Gasteiger partial charge in [0.05, 0.1) is 23.8 Å². The van der Waals surface area contributed by atoms with E-state index in [1.165, 1.54) is 18.5 Å². The molecule has 1 aromatic carbocycles. The van der Waals surface area contributed by atoms with Crippen molar-refractivity contribution >= 4 is 46.2 Å². The van der Waals surface area contributed by atoms with E-state index in [2.05, 4.69) is 15.0 Å². The summed E-state index contributed by atoms with van der Waals surface area (Å²) < 4.78 is 11.2. The van der Waals surface area contributed by atoms with Crippen LogP contribution in [0.1, 0.15) is 28.1 Å². The van der Waals surface area contributed by atoms with Crippen molar-refractivity contribution in [3.8, 4) is 11.4 Å². The number of hydrogen-bond donors (Lipinski definition) is 1. The molecule has 1 aliphatic rings. The number of benzene rings is 1. The zero-order valence-corrected chi connectivity index (χ0v) is 20.6. The smallest absolute Gasteiger partial charge is 0.257 e. The van der Waals surface area contributed by atoms with Crippen LogP contribution in [0.2, 0.25) is 5.02 Å². The van der Waals surface area contributed by atoms with Crippen LogP contribution in [0.5, 0.6) is 0 Å². The number of ether oxygens (including phenoxy) is 1. The highest BCUT2D eigenvalue weighted by Gasteiger charge is 2.19. The third kappa shape index (κ3) is 5.84. The number of aromatic nitrogens is 3. The van der Waals surface area contributed by atoms with Crippen molar-refractivity contribution in [3.05, 3.63) is 76.9 Å². The number of furan rings is 1. The fourth-order valence-electron chi connectivity index (χ4n) is 3.99. The number of fused-ring (bicyclic) bond motifs is 1. The summed E-state index contributed by atoms with van der Waals surface area (Å²) in [7, 11) is 0. The molecule has 10 heteroatoms. The highest BCUT2D eigenvalue weighted by molar-refractivity contribution is 6.35.